The maximum Gasteiger partial charge on any atom is 0.276 e. The molecule has 1 aliphatic rings. The lowest BCUT2D eigenvalue weighted by molar-refractivity contribution is 0.0489. The van der Waals surface area contributed by atoms with Crippen LogP contribution in [0.3, 0.4) is 0 Å². The van der Waals surface area contributed by atoms with Crippen LogP contribution in [0.1, 0.15) is 49.1 Å². The fraction of sp³-hybridized carbons (Fsp3) is 0.167. The molecule has 1 atom stereocenters. The lowest BCUT2D eigenvalue weighted by Gasteiger charge is -2.39. The number of nitrogens with zero attached hydrogens (tertiary/aromatic N) is 1. The van der Waals surface area contributed by atoms with E-state index in [1.54, 1.807) is 30.3 Å². The second-order valence-corrected chi connectivity index (χ2v) is 8.45. The highest BCUT2D eigenvalue weighted by atomic mass is 79.9. The van der Waals surface area contributed by atoms with Crippen molar-refractivity contribution in [3.05, 3.63) is 98.5 Å². The monoisotopic (exact) mass is 463 g/mol. The molecule has 0 aliphatic carbocycles. The minimum Gasteiger partial charge on any atom is -0.359 e. The van der Waals surface area contributed by atoms with Gasteiger partial charge in [-0.05, 0) is 62.2 Å². The van der Waals surface area contributed by atoms with Crippen molar-refractivity contribution in [1.29, 1.82) is 0 Å². The maximum atomic E-state index is 13.5. The van der Waals surface area contributed by atoms with Crippen LogP contribution in [-0.4, -0.2) is 16.8 Å². The van der Waals surface area contributed by atoms with Crippen molar-refractivity contribution in [1.82, 2.24) is 10.4 Å². The Hall–Kier alpha value is -3.12. The van der Waals surface area contributed by atoms with Crippen LogP contribution in [0.4, 0.5) is 5.69 Å². The molecule has 1 heterocycles. The number of nitrogens with one attached hydrogen (secondary N) is 2. The van der Waals surface area contributed by atoms with Gasteiger partial charge in [-0.25, -0.2) is 5.01 Å². The Bertz CT molecular complexity index is 1120. The van der Waals surface area contributed by atoms with E-state index in [2.05, 4.69) is 38.8 Å². The summed E-state index contributed by atoms with van der Waals surface area (Å²) in [6, 6.07) is 18.6. The zero-order chi connectivity index (χ0) is 21.4. The fourth-order valence-electron chi connectivity index (χ4n) is 3.98. The lowest BCUT2D eigenvalue weighted by atomic mass is 9.95. The van der Waals surface area contributed by atoms with Gasteiger partial charge in [0.25, 0.3) is 11.8 Å². The van der Waals surface area contributed by atoms with Crippen molar-refractivity contribution in [3.8, 4) is 0 Å². The van der Waals surface area contributed by atoms with Crippen molar-refractivity contribution in [2.24, 2.45) is 0 Å². The minimum absolute atomic E-state index is 0.265. The van der Waals surface area contributed by atoms with Gasteiger partial charge in [-0.1, -0.05) is 51.8 Å². The summed E-state index contributed by atoms with van der Waals surface area (Å²) in [5.41, 5.74) is 8.78. The molecule has 0 unspecified atom stereocenters. The van der Waals surface area contributed by atoms with E-state index in [0.29, 0.717) is 11.1 Å². The molecule has 2 N–H and O–H groups in total. The van der Waals surface area contributed by atoms with Crippen LogP contribution in [0.2, 0.25) is 0 Å². The molecule has 6 heteroatoms. The van der Waals surface area contributed by atoms with Gasteiger partial charge in [0, 0.05) is 21.3 Å². The third kappa shape index (κ3) is 3.71. The van der Waals surface area contributed by atoms with Gasteiger partial charge in [0.1, 0.15) is 6.17 Å². The molecule has 1 aliphatic heterocycles. The van der Waals surface area contributed by atoms with Crippen molar-refractivity contribution in [2.45, 2.75) is 26.9 Å². The predicted octanol–water partition coefficient (Wildman–Crippen LogP) is 5.29. The molecule has 0 bridgehead atoms. The Morgan fingerprint density at radius 1 is 1.00 bits per heavy atom. The first-order valence-corrected chi connectivity index (χ1v) is 10.5. The Balaban J connectivity index is 1.80. The quantitative estimate of drug-likeness (QED) is 0.554. The van der Waals surface area contributed by atoms with Crippen LogP contribution in [0.25, 0.3) is 0 Å². The molecule has 0 saturated heterocycles. The van der Waals surface area contributed by atoms with Crippen LogP contribution < -0.4 is 10.7 Å². The number of halogens is 1. The van der Waals surface area contributed by atoms with Crippen LogP contribution in [-0.2, 0) is 0 Å². The average molecular weight is 464 g/mol. The fourth-order valence-corrected chi connectivity index (χ4v) is 4.34. The average Bonchev–Trinajstić information content (AvgIpc) is 2.71. The zero-order valence-corrected chi connectivity index (χ0v) is 18.6. The van der Waals surface area contributed by atoms with E-state index in [-0.39, 0.29) is 11.8 Å². The lowest BCUT2D eigenvalue weighted by Crippen LogP contribution is -2.53. The van der Waals surface area contributed by atoms with Gasteiger partial charge >= 0.3 is 0 Å². The largest absolute Gasteiger partial charge is 0.359 e. The molecule has 2 amide bonds. The summed E-state index contributed by atoms with van der Waals surface area (Å²) in [5, 5.41) is 4.85. The molecule has 0 spiro atoms. The van der Waals surface area contributed by atoms with Crippen molar-refractivity contribution in [3.63, 3.8) is 0 Å². The first-order valence-electron chi connectivity index (χ1n) is 9.68. The third-order valence-corrected chi connectivity index (χ3v) is 5.74. The molecule has 5 nitrogen and oxygen atoms in total. The molecule has 30 heavy (non-hydrogen) atoms. The Labute approximate surface area is 184 Å². The molecule has 0 radical (unpaired) electrons. The molecule has 3 aromatic rings. The summed E-state index contributed by atoms with van der Waals surface area (Å²) in [6.45, 7) is 6.09. The van der Waals surface area contributed by atoms with E-state index in [4.69, 9.17) is 0 Å². The number of carbonyl (C=O) groups excluding carboxylic acids is 2. The molecule has 0 fully saturated rings. The predicted molar refractivity (Wildman–Crippen MR) is 121 cm³/mol. The molecule has 4 rings (SSSR count). The van der Waals surface area contributed by atoms with Gasteiger partial charge in [-0.15, -0.1) is 0 Å². The van der Waals surface area contributed by atoms with Gasteiger partial charge in [-0.2, -0.15) is 0 Å². The standard InChI is InChI=1S/C24H22BrN3O2/c1-14-11-15(2)21(16(3)12-14)22-26-20-10-9-18(25)13-19(20)24(30)28(22)27-23(29)17-7-5-4-6-8-17/h4-13,22,26H,1-3H3,(H,27,29)/t22-/m0/s1. The molecule has 3 aromatic carbocycles. The van der Waals surface area contributed by atoms with Gasteiger partial charge in [0.2, 0.25) is 0 Å². The number of hydrazine groups is 1. The summed E-state index contributed by atoms with van der Waals surface area (Å²) in [6.07, 6.45) is -0.528. The second-order valence-electron chi connectivity index (χ2n) is 7.53. The van der Waals surface area contributed by atoms with E-state index in [0.717, 1.165) is 32.4 Å². The maximum absolute atomic E-state index is 13.5. The smallest absolute Gasteiger partial charge is 0.276 e. The second kappa shape index (κ2) is 7.95. The van der Waals surface area contributed by atoms with E-state index >= 15 is 0 Å². The number of fused-ring (bicyclic) bond motifs is 1. The zero-order valence-electron chi connectivity index (χ0n) is 17.0. The minimum atomic E-state index is -0.528. The van der Waals surface area contributed by atoms with E-state index in [1.807, 2.05) is 39.0 Å². The number of carbonyl (C=O) groups is 2. The SMILES string of the molecule is Cc1cc(C)c([C@H]2Nc3ccc(Br)cc3C(=O)N2NC(=O)c2ccccc2)c(C)c1. The number of hydrogen-bond donors (Lipinski definition) is 2. The number of aryl methyl sites for hydroxylation is 3. The Kier molecular flexibility index (Phi) is 5.35. The summed E-state index contributed by atoms with van der Waals surface area (Å²) in [4.78, 5) is 26.4. The molecular formula is C24H22BrN3O2. The first kappa shape index (κ1) is 20.2. The Morgan fingerprint density at radius 3 is 2.33 bits per heavy atom. The topological polar surface area (TPSA) is 61.4 Å². The highest BCUT2D eigenvalue weighted by molar-refractivity contribution is 9.10. The summed E-state index contributed by atoms with van der Waals surface area (Å²) >= 11 is 3.43. The van der Waals surface area contributed by atoms with Crippen LogP contribution in [0.5, 0.6) is 0 Å². The van der Waals surface area contributed by atoms with Gasteiger partial charge in [0.15, 0.2) is 0 Å². The molecular weight excluding hydrogens is 442 g/mol. The van der Waals surface area contributed by atoms with Crippen LogP contribution in [0, 0.1) is 20.8 Å². The van der Waals surface area contributed by atoms with Crippen molar-refractivity contribution in [2.75, 3.05) is 5.32 Å². The number of rotatable bonds is 3. The molecule has 0 aromatic heterocycles. The highest BCUT2D eigenvalue weighted by Gasteiger charge is 2.36. The van der Waals surface area contributed by atoms with E-state index < -0.39 is 6.17 Å². The van der Waals surface area contributed by atoms with E-state index in [9.17, 15) is 9.59 Å². The molecule has 152 valence electrons. The summed E-state index contributed by atoms with van der Waals surface area (Å²) in [7, 11) is 0. The number of amides is 2. The summed E-state index contributed by atoms with van der Waals surface area (Å²) in [5.74, 6) is -0.602. The first-order chi connectivity index (χ1) is 14.3. The van der Waals surface area contributed by atoms with Crippen molar-refractivity contribution < 1.29 is 9.59 Å². The summed E-state index contributed by atoms with van der Waals surface area (Å²) < 4.78 is 0.798. The van der Waals surface area contributed by atoms with Gasteiger partial charge in [-0.3, -0.25) is 15.0 Å². The van der Waals surface area contributed by atoms with Gasteiger partial charge in [0.05, 0.1) is 5.56 Å². The van der Waals surface area contributed by atoms with Gasteiger partial charge < -0.3 is 5.32 Å². The Morgan fingerprint density at radius 2 is 1.67 bits per heavy atom. The highest BCUT2D eigenvalue weighted by Crippen LogP contribution is 2.36. The normalized spacial score (nSPS) is 15.4. The van der Waals surface area contributed by atoms with Crippen LogP contribution >= 0.6 is 15.9 Å². The number of anilines is 1. The van der Waals surface area contributed by atoms with Crippen molar-refractivity contribution >= 4 is 33.4 Å². The number of benzene rings is 3. The number of hydrogen-bond acceptors (Lipinski definition) is 3. The van der Waals surface area contributed by atoms with E-state index in [1.165, 1.54) is 5.01 Å². The third-order valence-electron chi connectivity index (χ3n) is 5.25. The molecule has 0 saturated carbocycles. The van der Waals surface area contributed by atoms with Crippen LogP contribution in [0.15, 0.2) is 65.1 Å².